The van der Waals surface area contributed by atoms with E-state index >= 15 is 0 Å². The van der Waals surface area contributed by atoms with E-state index in [-0.39, 0.29) is 11.8 Å². The fourth-order valence-corrected chi connectivity index (χ4v) is 4.73. The van der Waals surface area contributed by atoms with E-state index in [2.05, 4.69) is 17.9 Å². The molecule has 3 fully saturated rings. The molecule has 0 atom stereocenters. The Labute approximate surface area is 185 Å². The van der Waals surface area contributed by atoms with Crippen LogP contribution < -0.4 is 4.90 Å². The van der Waals surface area contributed by atoms with Gasteiger partial charge in [-0.05, 0) is 32.1 Å². The van der Waals surface area contributed by atoms with Gasteiger partial charge >= 0.3 is 0 Å². The molecule has 8 heteroatoms. The van der Waals surface area contributed by atoms with Crippen LogP contribution in [0.25, 0.3) is 0 Å². The van der Waals surface area contributed by atoms with Gasteiger partial charge in [-0.25, -0.2) is 9.97 Å². The highest BCUT2D eigenvalue weighted by molar-refractivity contribution is 5.78. The first kappa shape index (κ1) is 22.0. The standard InChI is InChI=1S/C23H35N5O3/c1-2-19-17-20(26-13-15-31-16-14-26)25-23(24-19)18-7-11-28(12-8-18)22(30)6-4-10-27-9-3-5-21(27)29/h17-18H,2-16H2,1H3. The van der Waals surface area contributed by atoms with Crippen molar-refractivity contribution in [3.8, 4) is 0 Å². The SMILES string of the molecule is CCc1cc(N2CCOCC2)nc(C2CCN(C(=O)CCCN3CCCC3=O)CC2)n1. The van der Waals surface area contributed by atoms with Crippen LogP contribution in [0.15, 0.2) is 6.07 Å². The Hall–Kier alpha value is -2.22. The maximum Gasteiger partial charge on any atom is 0.222 e. The van der Waals surface area contributed by atoms with Crippen LogP contribution >= 0.6 is 0 Å². The number of ether oxygens (including phenoxy) is 1. The lowest BCUT2D eigenvalue weighted by Crippen LogP contribution is -2.39. The Balaban J connectivity index is 1.29. The predicted molar refractivity (Wildman–Crippen MR) is 118 cm³/mol. The first-order valence-electron chi connectivity index (χ1n) is 11.9. The van der Waals surface area contributed by atoms with E-state index in [1.54, 1.807) is 0 Å². The van der Waals surface area contributed by atoms with Gasteiger partial charge in [0.2, 0.25) is 11.8 Å². The van der Waals surface area contributed by atoms with Crippen LogP contribution in [0, 0.1) is 0 Å². The van der Waals surface area contributed by atoms with E-state index in [0.29, 0.717) is 25.3 Å². The monoisotopic (exact) mass is 429 g/mol. The number of rotatable bonds is 7. The molecule has 0 N–H and O–H groups in total. The molecule has 3 saturated heterocycles. The first-order chi connectivity index (χ1) is 15.1. The van der Waals surface area contributed by atoms with Crippen molar-refractivity contribution in [1.82, 2.24) is 19.8 Å². The highest BCUT2D eigenvalue weighted by Crippen LogP contribution is 2.28. The van der Waals surface area contributed by atoms with Crippen LogP contribution in [0.2, 0.25) is 0 Å². The van der Waals surface area contributed by atoms with Crippen molar-refractivity contribution < 1.29 is 14.3 Å². The summed E-state index contributed by atoms with van der Waals surface area (Å²) in [6.07, 6.45) is 5.61. The molecule has 0 spiro atoms. The quantitative estimate of drug-likeness (QED) is 0.660. The number of hydrogen-bond donors (Lipinski definition) is 0. The van der Waals surface area contributed by atoms with Gasteiger partial charge in [0, 0.05) is 69.8 Å². The van der Waals surface area contributed by atoms with Crippen molar-refractivity contribution in [1.29, 1.82) is 0 Å². The van der Waals surface area contributed by atoms with Crippen molar-refractivity contribution in [2.45, 2.75) is 57.8 Å². The second-order valence-electron chi connectivity index (χ2n) is 8.77. The minimum absolute atomic E-state index is 0.210. The van der Waals surface area contributed by atoms with E-state index < -0.39 is 0 Å². The molecule has 4 rings (SSSR count). The maximum atomic E-state index is 12.6. The van der Waals surface area contributed by atoms with E-state index in [1.807, 2.05) is 9.80 Å². The Kier molecular flexibility index (Phi) is 7.37. The second-order valence-corrected chi connectivity index (χ2v) is 8.77. The molecule has 1 aromatic heterocycles. The molecule has 0 bridgehead atoms. The van der Waals surface area contributed by atoms with Crippen LogP contribution in [0.1, 0.15) is 62.9 Å². The molecule has 0 unspecified atom stereocenters. The number of carbonyl (C=O) groups is 2. The smallest absolute Gasteiger partial charge is 0.222 e. The van der Waals surface area contributed by atoms with Crippen LogP contribution in [-0.2, 0) is 20.7 Å². The molecule has 2 amide bonds. The van der Waals surface area contributed by atoms with Crippen molar-refractivity contribution in [3.63, 3.8) is 0 Å². The Bertz CT molecular complexity index is 772. The summed E-state index contributed by atoms with van der Waals surface area (Å²) in [5, 5.41) is 0. The van der Waals surface area contributed by atoms with E-state index in [0.717, 1.165) is 95.4 Å². The molecule has 8 nitrogen and oxygen atoms in total. The van der Waals surface area contributed by atoms with Crippen molar-refractivity contribution in [2.24, 2.45) is 0 Å². The highest BCUT2D eigenvalue weighted by atomic mass is 16.5. The first-order valence-corrected chi connectivity index (χ1v) is 11.9. The maximum absolute atomic E-state index is 12.6. The topological polar surface area (TPSA) is 78.9 Å². The lowest BCUT2D eigenvalue weighted by molar-refractivity contribution is -0.133. The highest BCUT2D eigenvalue weighted by Gasteiger charge is 2.27. The molecule has 3 aliphatic rings. The summed E-state index contributed by atoms with van der Waals surface area (Å²) in [5.74, 6) is 2.69. The third-order valence-electron chi connectivity index (χ3n) is 6.68. The summed E-state index contributed by atoms with van der Waals surface area (Å²) in [5.41, 5.74) is 1.08. The van der Waals surface area contributed by atoms with Gasteiger partial charge in [-0.2, -0.15) is 0 Å². The Morgan fingerprint density at radius 1 is 1.13 bits per heavy atom. The number of nitrogens with zero attached hydrogens (tertiary/aromatic N) is 5. The Morgan fingerprint density at radius 3 is 2.58 bits per heavy atom. The Morgan fingerprint density at radius 2 is 1.90 bits per heavy atom. The predicted octanol–water partition coefficient (Wildman–Crippen LogP) is 1.98. The summed E-state index contributed by atoms with van der Waals surface area (Å²) < 4.78 is 5.48. The fraction of sp³-hybridized carbons (Fsp3) is 0.739. The molecule has 0 aromatic carbocycles. The summed E-state index contributed by atoms with van der Waals surface area (Å²) in [6.45, 7) is 8.44. The molecule has 4 heterocycles. The average Bonchev–Trinajstić information content (AvgIpc) is 3.24. The zero-order valence-corrected chi connectivity index (χ0v) is 18.7. The number of aryl methyl sites for hydroxylation is 1. The number of aromatic nitrogens is 2. The molecular weight excluding hydrogens is 394 g/mol. The van der Waals surface area contributed by atoms with Gasteiger partial charge in [-0.3, -0.25) is 9.59 Å². The van der Waals surface area contributed by atoms with Crippen molar-refractivity contribution >= 4 is 17.6 Å². The van der Waals surface area contributed by atoms with Crippen LogP contribution in [0.5, 0.6) is 0 Å². The van der Waals surface area contributed by atoms with Crippen molar-refractivity contribution in [3.05, 3.63) is 17.6 Å². The molecule has 170 valence electrons. The van der Waals surface area contributed by atoms with Gasteiger partial charge in [-0.15, -0.1) is 0 Å². The van der Waals surface area contributed by atoms with Gasteiger partial charge < -0.3 is 19.4 Å². The van der Waals surface area contributed by atoms with Gasteiger partial charge in [0.25, 0.3) is 0 Å². The van der Waals surface area contributed by atoms with Crippen LogP contribution in [0.3, 0.4) is 0 Å². The normalized spacial score (nSPS) is 20.5. The summed E-state index contributed by atoms with van der Waals surface area (Å²) >= 11 is 0. The average molecular weight is 430 g/mol. The van der Waals surface area contributed by atoms with Gasteiger partial charge in [-0.1, -0.05) is 6.92 Å². The molecule has 0 aliphatic carbocycles. The molecule has 0 radical (unpaired) electrons. The number of anilines is 1. The summed E-state index contributed by atoms with van der Waals surface area (Å²) in [4.78, 5) is 40.2. The summed E-state index contributed by atoms with van der Waals surface area (Å²) in [6, 6.07) is 2.11. The van der Waals surface area contributed by atoms with E-state index in [9.17, 15) is 9.59 Å². The largest absolute Gasteiger partial charge is 0.378 e. The summed E-state index contributed by atoms with van der Waals surface area (Å²) in [7, 11) is 0. The third kappa shape index (κ3) is 5.53. The molecule has 3 aliphatic heterocycles. The minimum Gasteiger partial charge on any atom is -0.378 e. The minimum atomic E-state index is 0.210. The lowest BCUT2D eigenvalue weighted by atomic mass is 9.95. The van der Waals surface area contributed by atoms with E-state index in [4.69, 9.17) is 14.7 Å². The molecule has 31 heavy (non-hydrogen) atoms. The molecule has 1 aromatic rings. The second kappa shape index (κ2) is 10.4. The number of piperidine rings is 1. The van der Waals surface area contributed by atoms with Gasteiger partial charge in [0.05, 0.1) is 13.2 Å². The number of carbonyl (C=O) groups excluding carboxylic acids is 2. The zero-order valence-electron chi connectivity index (χ0n) is 18.7. The lowest BCUT2D eigenvalue weighted by Gasteiger charge is -2.33. The van der Waals surface area contributed by atoms with Crippen LogP contribution in [0.4, 0.5) is 5.82 Å². The third-order valence-corrected chi connectivity index (χ3v) is 6.68. The fourth-order valence-electron chi connectivity index (χ4n) is 4.73. The number of morpholine rings is 1. The molecular formula is C23H35N5O3. The zero-order chi connectivity index (χ0) is 21.6. The van der Waals surface area contributed by atoms with Gasteiger partial charge in [0.1, 0.15) is 11.6 Å². The van der Waals surface area contributed by atoms with E-state index in [1.165, 1.54) is 0 Å². The number of amides is 2. The number of hydrogen-bond acceptors (Lipinski definition) is 6. The van der Waals surface area contributed by atoms with Crippen LogP contribution in [-0.4, -0.2) is 84.1 Å². The molecule has 0 saturated carbocycles. The number of likely N-dealkylation sites (tertiary alicyclic amines) is 2. The van der Waals surface area contributed by atoms with Crippen molar-refractivity contribution in [2.75, 3.05) is 57.4 Å². The van der Waals surface area contributed by atoms with Gasteiger partial charge in [0.15, 0.2) is 0 Å².